The predicted octanol–water partition coefficient (Wildman–Crippen LogP) is 7.14. The molecule has 14 heteroatoms. The molecule has 38 heavy (non-hydrogen) atoms. The van der Waals surface area contributed by atoms with E-state index in [0.717, 1.165) is 30.3 Å². The van der Waals surface area contributed by atoms with E-state index < -0.39 is 69.3 Å². The Balaban J connectivity index is 2.35. The molecule has 1 atom stereocenters. The molecule has 0 aromatic heterocycles. The van der Waals surface area contributed by atoms with E-state index >= 15 is 0 Å². The first-order valence-electron chi connectivity index (χ1n) is 10.8. The first-order valence-corrected chi connectivity index (χ1v) is 12.4. The largest absolute Gasteiger partial charge is 0.417 e. The summed E-state index contributed by atoms with van der Waals surface area (Å²) in [6, 6.07) is 1.90. The maximum absolute atomic E-state index is 13.6. The molecule has 0 aliphatic carbocycles. The van der Waals surface area contributed by atoms with Crippen LogP contribution < -0.4 is 5.32 Å². The minimum atomic E-state index is -5.18. The van der Waals surface area contributed by atoms with Crippen LogP contribution in [0.4, 0.5) is 39.5 Å². The highest BCUT2D eigenvalue weighted by atomic mass is 32.2. The number of benzene rings is 2. The highest BCUT2D eigenvalue weighted by Crippen LogP contribution is 2.37. The van der Waals surface area contributed by atoms with E-state index in [-0.39, 0.29) is 11.6 Å². The van der Waals surface area contributed by atoms with Crippen molar-refractivity contribution in [2.24, 2.45) is 4.36 Å². The van der Waals surface area contributed by atoms with Crippen LogP contribution in [0.2, 0.25) is 0 Å². The monoisotopic (exact) mass is 572 g/mol. The molecule has 208 valence electrons. The summed E-state index contributed by atoms with van der Waals surface area (Å²) in [5.74, 6) is -1.59. The zero-order chi connectivity index (χ0) is 28.9. The van der Waals surface area contributed by atoms with Crippen molar-refractivity contribution in [1.82, 2.24) is 5.32 Å². The van der Waals surface area contributed by atoms with Crippen LogP contribution in [0, 0.1) is 0 Å². The van der Waals surface area contributed by atoms with Gasteiger partial charge < -0.3 is 5.32 Å². The van der Waals surface area contributed by atoms with E-state index in [0.29, 0.717) is 29.7 Å². The molecule has 0 bridgehead atoms. The number of nitrogens with zero attached hydrogens (tertiary/aromatic N) is 1. The Bertz CT molecular complexity index is 1230. The molecule has 2 aromatic rings. The van der Waals surface area contributed by atoms with Gasteiger partial charge >= 0.3 is 18.5 Å². The van der Waals surface area contributed by atoms with Gasteiger partial charge in [-0.05, 0) is 41.5 Å². The number of rotatable bonds is 7. The van der Waals surface area contributed by atoms with Crippen LogP contribution in [-0.2, 0) is 27.8 Å². The maximum atomic E-state index is 13.6. The van der Waals surface area contributed by atoms with Crippen molar-refractivity contribution in [2.75, 3.05) is 11.5 Å². The van der Waals surface area contributed by atoms with E-state index in [1.165, 1.54) is 5.32 Å². The molecule has 1 N–H and O–H groups in total. The molecule has 2 aromatic carbocycles. The number of carbonyl (C=O) groups is 2. The highest BCUT2D eigenvalue weighted by Gasteiger charge is 2.43. The summed E-state index contributed by atoms with van der Waals surface area (Å²) >= 11 is 0. The minimum absolute atomic E-state index is 0.237. The molecule has 0 aliphatic rings. The normalized spacial score (nSPS) is 13.6. The van der Waals surface area contributed by atoms with Gasteiger partial charge in [0.15, 0.2) is 6.04 Å². The van der Waals surface area contributed by atoms with Gasteiger partial charge in [-0.2, -0.15) is 43.9 Å². The van der Waals surface area contributed by atoms with Crippen LogP contribution in [0.1, 0.15) is 52.5 Å². The molecule has 0 saturated heterocycles. The van der Waals surface area contributed by atoms with Gasteiger partial charge in [-0.15, -0.1) is 0 Å². The summed E-state index contributed by atoms with van der Waals surface area (Å²) in [6.07, 6.45) is -13.8. The van der Waals surface area contributed by atoms with Crippen molar-refractivity contribution >= 4 is 28.6 Å². The summed E-state index contributed by atoms with van der Waals surface area (Å²) in [6.45, 7) is 3.45. The Morgan fingerprint density at radius 3 is 2.08 bits per heavy atom. The molecular weight excluding hydrogens is 551 g/mol. The predicted molar refractivity (Wildman–Crippen MR) is 124 cm³/mol. The third kappa shape index (κ3) is 8.43. The lowest BCUT2D eigenvalue weighted by Gasteiger charge is -2.22. The fraction of sp³-hybridized carbons (Fsp3) is 0.333. The van der Waals surface area contributed by atoms with Crippen molar-refractivity contribution in [3.8, 4) is 0 Å². The second kappa shape index (κ2) is 12.1. The Kier molecular flexibility index (Phi) is 9.92. The van der Waals surface area contributed by atoms with Crippen LogP contribution in [0.3, 0.4) is 0 Å². The maximum Gasteiger partial charge on any atom is 0.417 e. The molecule has 0 heterocycles. The Labute approximate surface area is 214 Å². The van der Waals surface area contributed by atoms with Crippen molar-refractivity contribution in [1.29, 1.82) is 0 Å². The lowest BCUT2D eigenvalue weighted by molar-refractivity contribution is -0.162. The smallest absolute Gasteiger partial charge is 0.337 e. The second-order valence-corrected chi connectivity index (χ2v) is 9.94. The average molecular weight is 572 g/mol. The van der Waals surface area contributed by atoms with Gasteiger partial charge in [-0.1, -0.05) is 42.7 Å². The number of halogens is 9. The van der Waals surface area contributed by atoms with Gasteiger partial charge in [0, 0.05) is 17.6 Å². The molecular formula is C24H21F9N2O2S. The first kappa shape index (κ1) is 31.1. The van der Waals surface area contributed by atoms with Gasteiger partial charge in [0.05, 0.1) is 16.7 Å². The van der Waals surface area contributed by atoms with Gasteiger partial charge in [0.1, 0.15) is 0 Å². The van der Waals surface area contributed by atoms with Crippen LogP contribution in [0.15, 0.2) is 52.9 Å². The molecule has 1 unspecified atom stereocenters. The Morgan fingerprint density at radius 1 is 0.921 bits per heavy atom. The fourth-order valence-electron chi connectivity index (χ4n) is 3.20. The van der Waals surface area contributed by atoms with Gasteiger partial charge in [-0.3, -0.25) is 9.59 Å². The number of carbonyl (C=O) groups excluding carboxylic acids is 2. The summed E-state index contributed by atoms with van der Waals surface area (Å²) < 4.78 is 124. The van der Waals surface area contributed by atoms with Gasteiger partial charge in [-0.25, -0.2) is 0 Å². The standard InChI is InChI=1S/C24H21F9N2O2S/c1-3-38(4-2)35-21(37)17-10-8-14(12-18(17)23(28,29)30)9-11-19(36)34-20(24(31,32)33)15-6-5-7-16(13-15)22(25,26)27/h5-13,20H,3-4H2,1-2H3,(H,34,36)/b11-9+. The second-order valence-electron chi connectivity index (χ2n) is 7.68. The highest BCUT2D eigenvalue weighted by molar-refractivity contribution is 7.87. The molecule has 2 amide bonds. The minimum Gasteiger partial charge on any atom is -0.337 e. The summed E-state index contributed by atoms with van der Waals surface area (Å²) in [4.78, 5) is 24.5. The lowest BCUT2D eigenvalue weighted by atomic mass is 10.0. The first-order chi connectivity index (χ1) is 17.5. The number of hydrogen-bond donors (Lipinski definition) is 1. The van der Waals surface area contributed by atoms with Crippen molar-refractivity contribution in [3.63, 3.8) is 0 Å². The van der Waals surface area contributed by atoms with E-state index in [2.05, 4.69) is 4.36 Å². The van der Waals surface area contributed by atoms with Crippen molar-refractivity contribution in [3.05, 3.63) is 76.4 Å². The SMILES string of the molecule is CCS(CC)=NC(=O)c1ccc(/C=C/C(=O)NC(c2cccc(C(F)(F)F)c2)C(F)(F)F)cc1C(F)(F)F. The number of alkyl halides is 9. The van der Waals surface area contributed by atoms with Crippen LogP contribution in [-0.4, -0.2) is 29.5 Å². The molecule has 0 aliphatic heterocycles. The van der Waals surface area contributed by atoms with Crippen molar-refractivity contribution < 1.29 is 49.1 Å². The summed E-state index contributed by atoms with van der Waals surface area (Å²) in [5, 5.41) is 1.52. The van der Waals surface area contributed by atoms with E-state index in [1.807, 2.05) is 0 Å². The Hall–Kier alpha value is -3.16. The Morgan fingerprint density at radius 2 is 1.55 bits per heavy atom. The van der Waals surface area contributed by atoms with E-state index in [4.69, 9.17) is 0 Å². The van der Waals surface area contributed by atoms with Crippen LogP contribution >= 0.6 is 0 Å². The van der Waals surface area contributed by atoms with E-state index in [1.54, 1.807) is 13.8 Å². The third-order valence-electron chi connectivity index (χ3n) is 5.05. The zero-order valence-corrected chi connectivity index (χ0v) is 20.6. The van der Waals surface area contributed by atoms with Crippen LogP contribution in [0.5, 0.6) is 0 Å². The summed E-state index contributed by atoms with van der Waals surface area (Å²) in [7, 11) is -0.768. The number of amides is 2. The van der Waals surface area contributed by atoms with Gasteiger partial charge in [0.2, 0.25) is 5.91 Å². The molecule has 0 radical (unpaired) electrons. The molecule has 4 nitrogen and oxygen atoms in total. The molecule has 0 fully saturated rings. The third-order valence-corrected chi connectivity index (χ3v) is 6.80. The quantitative estimate of drug-likeness (QED) is 0.283. The molecule has 0 spiro atoms. The van der Waals surface area contributed by atoms with Crippen molar-refractivity contribution in [2.45, 2.75) is 38.4 Å². The van der Waals surface area contributed by atoms with Crippen LogP contribution in [0.25, 0.3) is 6.08 Å². The average Bonchev–Trinajstić information content (AvgIpc) is 2.82. The zero-order valence-electron chi connectivity index (χ0n) is 19.8. The molecule has 2 rings (SSSR count). The van der Waals surface area contributed by atoms with Gasteiger partial charge in [0.25, 0.3) is 5.91 Å². The number of hydrogen-bond acceptors (Lipinski definition) is 2. The lowest BCUT2D eigenvalue weighted by Crippen LogP contribution is -2.37. The topological polar surface area (TPSA) is 58.5 Å². The fourth-order valence-corrected chi connectivity index (χ4v) is 4.20. The van der Waals surface area contributed by atoms with E-state index in [9.17, 15) is 49.1 Å². The molecule has 0 saturated carbocycles. The summed E-state index contributed by atoms with van der Waals surface area (Å²) in [5.41, 5.74) is -4.59. The number of nitrogens with one attached hydrogen (secondary N) is 1.